The van der Waals surface area contributed by atoms with Crippen LogP contribution in [0.2, 0.25) is 0 Å². The highest BCUT2D eigenvalue weighted by Crippen LogP contribution is 2.33. The second-order valence-electron chi connectivity index (χ2n) is 33.0. The van der Waals surface area contributed by atoms with Gasteiger partial charge in [0.05, 0.1) is 83.4 Å². The Labute approximate surface area is 781 Å². The lowest BCUT2D eigenvalue weighted by atomic mass is 9.90. The van der Waals surface area contributed by atoms with E-state index in [1.54, 1.807) is 97.9 Å². The highest BCUT2D eigenvalue weighted by atomic mass is 79.9. The highest BCUT2D eigenvalue weighted by Gasteiger charge is 2.37. The maximum Gasteiger partial charge on any atom is 0.261 e. The second kappa shape index (κ2) is 62.1. The number of aliphatic hydroxyl groups excluding tert-OH is 1. The predicted molar refractivity (Wildman–Crippen MR) is 521 cm³/mol. The quantitative estimate of drug-likeness (QED) is 0.00820. The number of rotatable bonds is 26. The normalized spacial score (nSPS) is 15.8. The Kier molecular flexibility index (Phi) is 49.7. The first kappa shape index (κ1) is 104. The Morgan fingerprint density at radius 3 is 1.06 bits per heavy atom. The third kappa shape index (κ3) is 36.6. The lowest BCUT2D eigenvalue weighted by Gasteiger charge is -2.24. The number of nitrogens with one attached hydrogen (secondary N) is 3. The molecule has 24 nitrogen and oxygen atoms in total. The van der Waals surface area contributed by atoms with Gasteiger partial charge in [-0.1, -0.05) is 179 Å². The number of amides is 6. The van der Waals surface area contributed by atoms with Gasteiger partial charge in [0, 0.05) is 125 Å². The maximum atomic E-state index is 12.5. The van der Waals surface area contributed by atoms with Crippen LogP contribution in [0.4, 0.5) is 37.2 Å². The van der Waals surface area contributed by atoms with Crippen molar-refractivity contribution in [1.29, 1.82) is 11.1 Å². The van der Waals surface area contributed by atoms with E-state index in [1.165, 1.54) is 187 Å². The van der Waals surface area contributed by atoms with Crippen LogP contribution in [-0.2, 0) is 4.79 Å². The number of hydrogen-bond acceptors (Lipinski definition) is 21. The van der Waals surface area contributed by atoms with Crippen molar-refractivity contribution >= 4 is 86.1 Å². The van der Waals surface area contributed by atoms with Gasteiger partial charge >= 0.3 is 0 Å². The number of fused-ring (bicyclic) bond motifs is 3. The van der Waals surface area contributed by atoms with Gasteiger partial charge in [-0.15, -0.1) is 0 Å². The van der Waals surface area contributed by atoms with Crippen LogP contribution in [0.15, 0.2) is 194 Å². The molecule has 5 aliphatic carbocycles. The number of ether oxygens (including phenoxy) is 4. The van der Waals surface area contributed by atoms with Crippen LogP contribution in [0.25, 0.3) is 0 Å². The third-order valence-corrected chi connectivity index (χ3v) is 24.5. The average Bonchev–Trinajstić information content (AvgIpc) is 1.65. The summed E-state index contributed by atoms with van der Waals surface area (Å²) in [4.78, 5) is 91.0. The van der Waals surface area contributed by atoms with E-state index in [0.717, 1.165) is 95.7 Å². The summed E-state index contributed by atoms with van der Waals surface area (Å²) in [5.74, 6) is 6.04. The molecule has 0 atom stereocenters. The lowest BCUT2D eigenvalue weighted by Crippen LogP contribution is -2.37. The number of aromatic hydroxyl groups is 1. The number of halogens is 3. The first-order valence-electron chi connectivity index (χ1n) is 47.1. The lowest BCUT2D eigenvalue weighted by molar-refractivity contribution is -0.108. The van der Waals surface area contributed by atoms with Gasteiger partial charge in [0.25, 0.3) is 35.4 Å². The summed E-state index contributed by atoms with van der Waals surface area (Å²) in [6.07, 6.45) is 34.5. The van der Waals surface area contributed by atoms with Crippen molar-refractivity contribution in [2.75, 3.05) is 139 Å². The molecule has 130 heavy (non-hydrogen) atoms. The molecule has 8 aliphatic rings. The molecular weight excluding hydrogens is 1720 g/mol. The number of carbonyl (C=O) groups excluding carboxylic acids is 7. The summed E-state index contributed by atoms with van der Waals surface area (Å²) in [7, 11) is 2.03. The number of benzene rings is 8. The molecule has 3 heterocycles. The standard InChI is InChI=1S/C24H28N2O3.C23H26N2O3.C16H26N2O.C13H19NO.C10H7NO3.C7H13Br.C6H7NO.C2H6O.2CH3F.H2N2.H2/c1-25(14-15-26-23(27)21-12-5-6-13-22(21)24(26)28)19-10-7-11-20(16-19)29-17-18-8-3-2-4-9-18;26-22-20-11-4-5-12-21(20)23(27)25(22)14-13-24-18-9-6-10-19(15-18)28-16-17-7-2-1-3-8-17;1-18(11-10-17)15-8-5-9-16(12-15)19-13-14-6-3-2-4-7-14;14-12-7-4-8-13(9-12)15-10-11-5-2-1-3-6-11;12-6-5-11-9(13)7-3-1-2-4-8(7)10(11)14;8-6-7-4-2-1-3-5-7;7-5-2-1-3-6(8)4-5;1-2-3;3*1-2;/h5-7,10-13,16,18H,2-4,8-9,14-15,17H2,1H3;4-6,9-12,15,17,24H,1-3,7-8,13-14,16H2;5,8-9,12,14H,2-4,6-7,10-11,13,17H2,1H3;4,7-9,11H,1-3,5-6,10,14H2;1-4,6H,5H2;7H,1-6H2;1-4,8H,7H2;3H,2H2,1H3;2*1H3;1-2H;1H/i;;;;;;;;2*1D;;. The Balaban J connectivity index is 0.000000279. The molecule has 0 unspecified atom stereocenters. The molecule has 0 bridgehead atoms. The number of likely N-dealkylation sites (N-methyl/N-ethyl adjacent to an activating group) is 2. The van der Waals surface area contributed by atoms with Crippen molar-refractivity contribution in [2.24, 2.45) is 35.3 Å². The number of imide groups is 3. The Bertz CT molecular complexity index is 4570. The van der Waals surface area contributed by atoms with Gasteiger partial charge in [-0.05, 0) is 198 Å². The minimum Gasteiger partial charge on any atom is -0.508 e. The number of phenols is 1. The molecule has 27 heteroatoms. The first-order valence-corrected chi connectivity index (χ1v) is 46.8. The average molecular weight is 1860 g/mol. The van der Waals surface area contributed by atoms with E-state index in [4.69, 9.17) is 60.2 Å². The molecule has 0 spiro atoms. The van der Waals surface area contributed by atoms with Crippen molar-refractivity contribution in [3.63, 3.8) is 0 Å². The Morgan fingerprint density at radius 1 is 0.446 bits per heavy atom. The maximum absolute atomic E-state index is 12.5. The molecule has 0 aromatic heterocycles. The highest BCUT2D eigenvalue weighted by molar-refractivity contribution is 9.09. The van der Waals surface area contributed by atoms with E-state index >= 15 is 0 Å². The zero-order chi connectivity index (χ0) is 95.6. The van der Waals surface area contributed by atoms with Gasteiger partial charge in [0.2, 0.25) is 0 Å². The van der Waals surface area contributed by atoms with Crippen molar-refractivity contribution in [3.05, 3.63) is 228 Å². The first-order chi connectivity index (χ1) is 64.2. The number of nitrogens with two attached hydrogens (primary N) is 3. The minimum absolute atomic E-state index is 0. The number of anilines is 5. The Morgan fingerprint density at radius 2 is 0.746 bits per heavy atom. The third-order valence-electron chi connectivity index (χ3n) is 23.5. The number of nitrogens with zero attached hydrogens (tertiary/aromatic N) is 5. The zero-order valence-corrected chi connectivity index (χ0v) is 77.8. The summed E-state index contributed by atoms with van der Waals surface area (Å²) < 4.78 is 54.7. The molecule has 16 rings (SSSR count). The molecule has 11 N–H and O–H groups in total. The van der Waals surface area contributed by atoms with Crippen LogP contribution >= 0.6 is 15.9 Å². The number of alkyl halides is 3. The fourth-order valence-corrected chi connectivity index (χ4v) is 17.1. The monoisotopic (exact) mass is 1860 g/mol. The summed E-state index contributed by atoms with van der Waals surface area (Å²) in [6, 6.07) is 58.9. The van der Waals surface area contributed by atoms with Gasteiger partial charge < -0.3 is 66.3 Å². The second-order valence-corrected chi connectivity index (χ2v) is 33.7. The van der Waals surface area contributed by atoms with Crippen molar-refractivity contribution < 1.29 is 75.7 Å². The number of hydrogen-bond donors (Lipinski definition) is 8. The Hall–Kier alpha value is -11.3. The smallest absolute Gasteiger partial charge is 0.261 e. The fourth-order valence-electron chi connectivity index (χ4n) is 16.4. The van der Waals surface area contributed by atoms with E-state index in [0.29, 0.717) is 89.9 Å². The minimum atomic E-state index is -1.00. The SMILES string of the molecule is BrCC1CCCCC1.CCO.CN(CCN)c1cccc(OCC2CCCCC2)c1.CN(CCN1C(=O)c2ccccc2C1=O)c1cccc(OCC2CCCCC2)c1.N=N.Nc1cccc(O)c1.Nc1cccc(OCC2CCCCC2)c1.O=C1c2ccccc2C(=O)N1CCNc1cccc(OCC2CCCCC2)c1.O=CCN1C(=O)c2ccccc2C1=O.[2H]CF.[2H]CF.[HH]. The predicted octanol–water partition coefficient (Wildman–Crippen LogP) is 21.4. The molecule has 3 aliphatic heterocycles. The van der Waals surface area contributed by atoms with E-state index in [-0.39, 0.29) is 44.0 Å². The molecule has 5 saturated carbocycles. The van der Waals surface area contributed by atoms with Gasteiger partial charge in [-0.2, -0.15) is 0 Å². The summed E-state index contributed by atoms with van der Waals surface area (Å²) >= 11 is 3.51. The van der Waals surface area contributed by atoms with Gasteiger partial charge in [0.15, 0.2) is 0 Å². The number of nitrogen functional groups attached to an aromatic ring is 2. The summed E-state index contributed by atoms with van der Waals surface area (Å²) in [5.41, 5.74) is 33.8. The summed E-state index contributed by atoms with van der Waals surface area (Å²) in [5, 5.41) is 20.8. The van der Waals surface area contributed by atoms with E-state index in [2.05, 4.69) is 56.3 Å². The number of carbonyl (C=O) groups is 7. The van der Waals surface area contributed by atoms with E-state index in [9.17, 15) is 42.3 Å². The largest absolute Gasteiger partial charge is 0.508 e. The van der Waals surface area contributed by atoms with Crippen LogP contribution in [-0.4, -0.2) is 179 Å². The fraction of sp³-hybridized carbons (Fsp3) is 0.466. The van der Waals surface area contributed by atoms with Crippen LogP contribution < -0.4 is 51.3 Å². The molecule has 708 valence electrons. The number of aliphatic hydroxyl groups is 1. The summed E-state index contributed by atoms with van der Waals surface area (Å²) in [6.45, 7) is 8.32. The van der Waals surface area contributed by atoms with E-state index in [1.807, 2.05) is 85.9 Å². The number of phenolic OH excluding ortho intramolecular Hbond substituents is 1. The zero-order valence-electron chi connectivity index (χ0n) is 78.2. The van der Waals surface area contributed by atoms with Crippen LogP contribution in [0.5, 0.6) is 28.7 Å². The molecule has 0 radical (unpaired) electrons. The van der Waals surface area contributed by atoms with Gasteiger partial charge in [-0.25, -0.2) is 11.1 Å². The van der Waals surface area contributed by atoms with Crippen molar-refractivity contribution in [3.8, 4) is 28.7 Å². The topological polar surface area (TPSA) is 351 Å². The molecular formula is C103H142BrF2N11O13. The van der Waals surface area contributed by atoms with Crippen LogP contribution in [0.3, 0.4) is 0 Å². The van der Waals surface area contributed by atoms with E-state index < -0.39 is 26.1 Å². The molecule has 8 aromatic carbocycles. The molecule has 6 amide bonds. The van der Waals surface area contributed by atoms with Crippen LogP contribution in [0.1, 0.15) is 234 Å². The van der Waals surface area contributed by atoms with Gasteiger partial charge in [-0.3, -0.25) is 52.2 Å². The number of aldehydes is 1. The van der Waals surface area contributed by atoms with Crippen molar-refractivity contribution in [2.45, 2.75) is 167 Å². The molecule has 8 aromatic rings. The molecule has 0 saturated heterocycles. The van der Waals surface area contributed by atoms with Crippen LogP contribution in [0, 0.1) is 40.7 Å². The molecule has 5 fully saturated rings. The van der Waals surface area contributed by atoms with Gasteiger partial charge in [0.1, 0.15) is 35.0 Å². The van der Waals surface area contributed by atoms with Crippen molar-refractivity contribution in [1.82, 2.24) is 14.7 Å².